The van der Waals surface area contributed by atoms with Crippen molar-refractivity contribution in [2.75, 3.05) is 25.0 Å². The Bertz CT molecular complexity index is 950. The van der Waals surface area contributed by atoms with Crippen molar-refractivity contribution in [1.29, 1.82) is 0 Å². The number of anilines is 1. The molecule has 2 amide bonds. The van der Waals surface area contributed by atoms with Gasteiger partial charge >= 0.3 is 0 Å². The Hall–Kier alpha value is -1.73. The van der Waals surface area contributed by atoms with Crippen LogP contribution in [0.15, 0.2) is 47.4 Å². The van der Waals surface area contributed by atoms with Crippen molar-refractivity contribution in [2.45, 2.75) is 35.4 Å². The van der Waals surface area contributed by atoms with E-state index in [4.69, 9.17) is 23.2 Å². The number of thioether (sulfide) groups is 1. The van der Waals surface area contributed by atoms with E-state index in [1.807, 2.05) is 30.3 Å². The highest BCUT2D eigenvalue weighted by molar-refractivity contribution is 8.01. The molecule has 2 aliphatic rings. The number of rotatable bonds is 6. The van der Waals surface area contributed by atoms with E-state index in [-0.39, 0.29) is 24.3 Å². The lowest BCUT2D eigenvalue weighted by atomic mass is 10.1. The summed E-state index contributed by atoms with van der Waals surface area (Å²) in [6, 6.07) is 13.3. The maximum absolute atomic E-state index is 12.7. The van der Waals surface area contributed by atoms with Gasteiger partial charge in [0.1, 0.15) is 0 Å². The Balaban J connectivity index is 1.39. The Morgan fingerprint density at radius 1 is 1.17 bits per heavy atom. The molecule has 0 saturated carbocycles. The summed E-state index contributed by atoms with van der Waals surface area (Å²) in [5, 5.41) is 6.69. The minimum atomic E-state index is -0.463. The lowest BCUT2D eigenvalue weighted by molar-refractivity contribution is -0.124. The molecule has 2 N–H and O–H groups in total. The fourth-order valence-electron chi connectivity index (χ4n) is 3.93. The minimum absolute atomic E-state index is 0.0749. The fraction of sp³-hybridized carbons (Fsp3) is 0.364. The van der Waals surface area contributed by atoms with Gasteiger partial charge in [-0.05, 0) is 61.8 Å². The van der Waals surface area contributed by atoms with E-state index in [1.54, 1.807) is 12.1 Å². The maximum atomic E-state index is 12.7. The molecule has 0 spiro atoms. The van der Waals surface area contributed by atoms with Gasteiger partial charge in [-0.3, -0.25) is 14.5 Å². The molecule has 2 heterocycles. The van der Waals surface area contributed by atoms with Crippen LogP contribution >= 0.6 is 35.0 Å². The van der Waals surface area contributed by atoms with Crippen molar-refractivity contribution in [3.63, 3.8) is 0 Å². The van der Waals surface area contributed by atoms with Gasteiger partial charge in [-0.15, -0.1) is 11.8 Å². The third kappa shape index (κ3) is 5.11. The number of fused-ring (bicyclic) bond motifs is 1. The molecule has 2 aromatic carbocycles. The van der Waals surface area contributed by atoms with E-state index >= 15 is 0 Å². The number of hydrogen-bond acceptors (Lipinski definition) is 4. The molecule has 2 aliphatic heterocycles. The highest BCUT2D eigenvalue weighted by Gasteiger charge is 2.30. The molecular weight excluding hydrogens is 441 g/mol. The molecule has 30 heavy (non-hydrogen) atoms. The number of nitrogens with one attached hydrogen (secondary N) is 2. The number of carbonyl (C=O) groups excluding carboxylic acids is 2. The standard InChI is InChI=1S/C22H23Cl2N3O2S/c23-15-5-3-4-14(10-15)18(27-8-1-2-9-27)13-25-21(28)12-20-22(29)26-17-11-16(24)6-7-19(17)30-20/h3-7,10-11,18,20H,1-2,8-9,12-13H2,(H,25,28)(H,26,29). The zero-order valence-corrected chi connectivity index (χ0v) is 18.7. The lowest BCUT2D eigenvalue weighted by Crippen LogP contribution is -2.39. The lowest BCUT2D eigenvalue weighted by Gasteiger charge is -2.29. The van der Waals surface area contributed by atoms with E-state index in [0.29, 0.717) is 22.3 Å². The summed E-state index contributed by atoms with van der Waals surface area (Å²) in [5.41, 5.74) is 1.80. The smallest absolute Gasteiger partial charge is 0.238 e. The van der Waals surface area contributed by atoms with Gasteiger partial charge in [0, 0.05) is 27.9 Å². The second-order valence-electron chi connectivity index (χ2n) is 7.56. The van der Waals surface area contributed by atoms with E-state index in [1.165, 1.54) is 11.8 Å². The monoisotopic (exact) mass is 463 g/mol. The average molecular weight is 464 g/mol. The highest BCUT2D eigenvalue weighted by Crippen LogP contribution is 2.38. The molecule has 1 fully saturated rings. The zero-order chi connectivity index (χ0) is 21.1. The highest BCUT2D eigenvalue weighted by atomic mass is 35.5. The van der Waals surface area contributed by atoms with E-state index < -0.39 is 5.25 Å². The van der Waals surface area contributed by atoms with Gasteiger partial charge < -0.3 is 10.6 Å². The van der Waals surface area contributed by atoms with Gasteiger partial charge in [-0.25, -0.2) is 0 Å². The van der Waals surface area contributed by atoms with E-state index in [9.17, 15) is 9.59 Å². The molecule has 2 atom stereocenters. The number of hydrogen-bond donors (Lipinski definition) is 2. The van der Waals surface area contributed by atoms with Crippen molar-refractivity contribution in [1.82, 2.24) is 10.2 Å². The van der Waals surface area contributed by atoms with Gasteiger partial charge in [0.25, 0.3) is 0 Å². The van der Waals surface area contributed by atoms with Gasteiger partial charge in [0.05, 0.1) is 17.0 Å². The van der Waals surface area contributed by atoms with Crippen molar-refractivity contribution in [3.8, 4) is 0 Å². The summed E-state index contributed by atoms with van der Waals surface area (Å²) in [6.45, 7) is 2.50. The van der Waals surface area contributed by atoms with Crippen LogP contribution in [0.4, 0.5) is 5.69 Å². The van der Waals surface area contributed by atoms with Crippen LogP contribution in [-0.4, -0.2) is 41.6 Å². The molecule has 5 nitrogen and oxygen atoms in total. The van der Waals surface area contributed by atoms with Crippen molar-refractivity contribution in [3.05, 3.63) is 58.1 Å². The number of halogens is 2. The second kappa shape index (κ2) is 9.60. The average Bonchev–Trinajstić information content (AvgIpc) is 3.23. The molecule has 4 rings (SSSR count). The van der Waals surface area contributed by atoms with Crippen LogP contribution in [0.3, 0.4) is 0 Å². The van der Waals surface area contributed by atoms with Crippen LogP contribution in [0.5, 0.6) is 0 Å². The summed E-state index contributed by atoms with van der Waals surface area (Å²) >= 11 is 13.6. The first-order valence-electron chi connectivity index (χ1n) is 10.0. The summed E-state index contributed by atoms with van der Waals surface area (Å²) in [4.78, 5) is 28.4. The quantitative estimate of drug-likeness (QED) is 0.648. The van der Waals surface area contributed by atoms with Crippen LogP contribution < -0.4 is 10.6 Å². The molecule has 0 bridgehead atoms. The van der Waals surface area contributed by atoms with Crippen molar-refractivity contribution >= 4 is 52.5 Å². The van der Waals surface area contributed by atoms with E-state index in [2.05, 4.69) is 15.5 Å². The molecular formula is C22H23Cl2N3O2S. The number of nitrogens with zero attached hydrogens (tertiary/aromatic N) is 1. The molecule has 158 valence electrons. The third-order valence-corrected chi connectivity index (χ3v) is 7.18. The first kappa shape index (κ1) is 21.5. The first-order valence-corrected chi connectivity index (χ1v) is 11.7. The number of carbonyl (C=O) groups is 2. The van der Waals surface area contributed by atoms with Crippen LogP contribution in [-0.2, 0) is 9.59 Å². The van der Waals surface area contributed by atoms with Crippen LogP contribution in [0.25, 0.3) is 0 Å². The van der Waals surface area contributed by atoms with Crippen LogP contribution in [0, 0.1) is 0 Å². The normalized spacial score (nSPS) is 19.8. The van der Waals surface area contributed by atoms with Gasteiger partial charge in [-0.2, -0.15) is 0 Å². The Labute approximate surface area is 190 Å². The molecule has 0 aromatic heterocycles. The zero-order valence-electron chi connectivity index (χ0n) is 16.4. The Morgan fingerprint density at radius 3 is 2.70 bits per heavy atom. The molecule has 0 aliphatic carbocycles. The number of amides is 2. The molecule has 8 heteroatoms. The molecule has 2 unspecified atom stereocenters. The minimum Gasteiger partial charge on any atom is -0.354 e. The van der Waals surface area contributed by atoms with Crippen molar-refractivity contribution in [2.24, 2.45) is 0 Å². The summed E-state index contributed by atoms with van der Waals surface area (Å²) in [7, 11) is 0. The van der Waals surface area contributed by atoms with Crippen molar-refractivity contribution < 1.29 is 9.59 Å². The second-order valence-corrected chi connectivity index (χ2v) is 9.68. The fourth-order valence-corrected chi connectivity index (χ4v) is 5.39. The predicted octanol–water partition coefficient (Wildman–Crippen LogP) is 4.75. The first-order chi connectivity index (χ1) is 14.5. The van der Waals surface area contributed by atoms with E-state index in [0.717, 1.165) is 36.4 Å². The summed E-state index contributed by atoms with van der Waals surface area (Å²) < 4.78 is 0. The Morgan fingerprint density at radius 2 is 1.93 bits per heavy atom. The molecule has 1 saturated heterocycles. The van der Waals surface area contributed by atoms with Gasteiger partial charge in [0.2, 0.25) is 11.8 Å². The largest absolute Gasteiger partial charge is 0.354 e. The molecule has 0 radical (unpaired) electrons. The third-order valence-electron chi connectivity index (χ3n) is 5.44. The SMILES string of the molecule is O=C(CC1Sc2ccc(Cl)cc2NC1=O)NCC(c1cccc(Cl)c1)N1CCCC1. The Kier molecular flexibility index (Phi) is 6.88. The summed E-state index contributed by atoms with van der Waals surface area (Å²) in [5.74, 6) is -0.304. The maximum Gasteiger partial charge on any atom is 0.238 e. The number of benzene rings is 2. The number of likely N-dealkylation sites (tertiary alicyclic amines) is 1. The van der Waals surface area contributed by atoms with Crippen LogP contribution in [0.1, 0.15) is 30.9 Å². The van der Waals surface area contributed by atoms with Gasteiger partial charge in [-0.1, -0.05) is 35.3 Å². The topological polar surface area (TPSA) is 61.4 Å². The van der Waals surface area contributed by atoms with Gasteiger partial charge in [0.15, 0.2) is 0 Å². The molecule has 2 aromatic rings. The summed E-state index contributed by atoms with van der Waals surface area (Å²) in [6.07, 6.45) is 2.45. The predicted molar refractivity (Wildman–Crippen MR) is 122 cm³/mol. The van der Waals surface area contributed by atoms with Crippen LogP contribution in [0.2, 0.25) is 10.0 Å².